The second-order valence-corrected chi connectivity index (χ2v) is 5.28. The van der Waals surface area contributed by atoms with Crippen molar-refractivity contribution >= 4 is 0 Å². The van der Waals surface area contributed by atoms with E-state index in [-0.39, 0.29) is 23.7 Å². The lowest BCUT2D eigenvalue weighted by atomic mass is 10.1. The molecule has 2 rings (SSSR count). The van der Waals surface area contributed by atoms with Gasteiger partial charge in [0.25, 0.3) is 0 Å². The average molecular weight is 318 g/mol. The van der Waals surface area contributed by atoms with E-state index in [1.165, 1.54) is 14.2 Å². The third-order valence-electron chi connectivity index (χ3n) is 3.75. The third kappa shape index (κ3) is 3.87. The third-order valence-corrected chi connectivity index (χ3v) is 3.75. The second kappa shape index (κ2) is 7.24. The average Bonchev–Trinajstić information content (AvgIpc) is 2.55. The van der Waals surface area contributed by atoms with Crippen molar-refractivity contribution in [1.29, 1.82) is 0 Å². The zero-order valence-electron chi connectivity index (χ0n) is 13.7. The smallest absolute Gasteiger partial charge is 0.160 e. The maximum Gasteiger partial charge on any atom is 0.160 e. The van der Waals surface area contributed by atoms with Crippen molar-refractivity contribution in [1.82, 2.24) is 0 Å². The van der Waals surface area contributed by atoms with E-state index < -0.39 is 0 Å². The summed E-state index contributed by atoms with van der Waals surface area (Å²) < 4.78 is 16.3. The number of aromatic hydroxyl groups is 2. The predicted octanol–water partition coefficient (Wildman–Crippen LogP) is 3.95. The molecule has 124 valence electrons. The van der Waals surface area contributed by atoms with Gasteiger partial charge in [-0.15, -0.1) is 0 Å². The first kappa shape index (κ1) is 17.0. The molecule has 0 saturated heterocycles. The molecule has 2 aromatic rings. The second-order valence-electron chi connectivity index (χ2n) is 5.28. The summed E-state index contributed by atoms with van der Waals surface area (Å²) in [5.74, 6) is 1.02. The largest absolute Gasteiger partial charge is 0.504 e. The highest BCUT2D eigenvalue weighted by Crippen LogP contribution is 2.34. The molecule has 0 bridgehead atoms. The summed E-state index contributed by atoms with van der Waals surface area (Å²) in [7, 11) is 3.02. The highest BCUT2D eigenvalue weighted by Gasteiger charge is 2.16. The summed E-state index contributed by atoms with van der Waals surface area (Å²) in [5, 5.41) is 19.3. The lowest BCUT2D eigenvalue weighted by Crippen LogP contribution is -2.05. The standard InChI is InChI=1S/C18H22O5/c1-11(13-5-7-15(19)17(9-13)21-3)23-12(2)14-6-8-16(20)18(10-14)22-4/h5-12,19-20H,1-4H3. The van der Waals surface area contributed by atoms with Gasteiger partial charge in [-0.25, -0.2) is 0 Å². The Morgan fingerprint density at radius 3 is 1.48 bits per heavy atom. The van der Waals surface area contributed by atoms with E-state index in [9.17, 15) is 10.2 Å². The summed E-state index contributed by atoms with van der Waals surface area (Å²) in [5.41, 5.74) is 1.80. The van der Waals surface area contributed by atoms with Gasteiger partial charge in [0.15, 0.2) is 23.0 Å². The van der Waals surface area contributed by atoms with Crippen molar-refractivity contribution in [3.05, 3.63) is 47.5 Å². The zero-order chi connectivity index (χ0) is 17.0. The van der Waals surface area contributed by atoms with Gasteiger partial charge in [0.05, 0.1) is 26.4 Å². The molecule has 0 spiro atoms. The van der Waals surface area contributed by atoms with Crippen LogP contribution < -0.4 is 9.47 Å². The maximum atomic E-state index is 9.66. The molecular formula is C18H22O5. The Hall–Kier alpha value is -2.40. The molecule has 2 aromatic carbocycles. The van der Waals surface area contributed by atoms with Gasteiger partial charge in [-0.05, 0) is 49.2 Å². The monoisotopic (exact) mass is 318 g/mol. The van der Waals surface area contributed by atoms with Crippen LogP contribution in [-0.4, -0.2) is 24.4 Å². The number of phenols is 2. The van der Waals surface area contributed by atoms with Crippen molar-refractivity contribution in [2.24, 2.45) is 0 Å². The van der Waals surface area contributed by atoms with Crippen LogP contribution in [0.2, 0.25) is 0 Å². The molecule has 2 N–H and O–H groups in total. The quantitative estimate of drug-likeness (QED) is 0.844. The molecule has 0 aliphatic carbocycles. The molecule has 23 heavy (non-hydrogen) atoms. The van der Waals surface area contributed by atoms with Crippen LogP contribution in [0.1, 0.15) is 37.2 Å². The Kier molecular flexibility index (Phi) is 5.34. The van der Waals surface area contributed by atoms with E-state index in [4.69, 9.17) is 14.2 Å². The molecule has 0 amide bonds. The fourth-order valence-corrected chi connectivity index (χ4v) is 2.36. The van der Waals surface area contributed by atoms with Crippen LogP contribution in [-0.2, 0) is 4.74 Å². The van der Waals surface area contributed by atoms with Crippen LogP contribution in [0, 0.1) is 0 Å². The Balaban J connectivity index is 2.14. The van der Waals surface area contributed by atoms with Crippen LogP contribution in [0.4, 0.5) is 0 Å². The number of phenolic OH excluding ortho intramolecular Hbond substituents is 2. The molecule has 2 atom stereocenters. The lowest BCUT2D eigenvalue weighted by Gasteiger charge is -2.21. The first-order valence-corrected chi connectivity index (χ1v) is 7.35. The molecule has 0 radical (unpaired) electrons. The van der Waals surface area contributed by atoms with E-state index >= 15 is 0 Å². The molecule has 5 nitrogen and oxygen atoms in total. The van der Waals surface area contributed by atoms with Gasteiger partial charge in [-0.1, -0.05) is 12.1 Å². The summed E-state index contributed by atoms with van der Waals surface area (Å²) in [6.07, 6.45) is -0.390. The zero-order valence-corrected chi connectivity index (χ0v) is 13.7. The van der Waals surface area contributed by atoms with Gasteiger partial charge in [-0.3, -0.25) is 0 Å². The van der Waals surface area contributed by atoms with Crippen LogP contribution in [0.5, 0.6) is 23.0 Å². The van der Waals surface area contributed by atoms with Crippen molar-refractivity contribution in [3.8, 4) is 23.0 Å². The van der Waals surface area contributed by atoms with Crippen LogP contribution in [0.3, 0.4) is 0 Å². The van der Waals surface area contributed by atoms with Crippen molar-refractivity contribution in [3.63, 3.8) is 0 Å². The van der Waals surface area contributed by atoms with E-state index in [1.807, 2.05) is 13.8 Å². The minimum atomic E-state index is -0.195. The molecule has 0 fully saturated rings. The highest BCUT2D eigenvalue weighted by molar-refractivity contribution is 5.43. The Labute approximate surface area is 136 Å². The maximum absolute atomic E-state index is 9.66. The molecule has 0 aromatic heterocycles. The fraction of sp³-hybridized carbons (Fsp3) is 0.333. The Morgan fingerprint density at radius 1 is 0.739 bits per heavy atom. The van der Waals surface area contributed by atoms with E-state index in [2.05, 4.69) is 0 Å². The van der Waals surface area contributed by atoms with Gasteiger partial charge in [-0.2, -0.15) is 0 Å². The van der Waals surface area contributed by atoms with Crippen molar-refractivity contribution < 1.29 is 24.4 Å². The highest BCUT2D eigenvalue weighted by atomic mass is 16.5. The summed E-state index contributed by atoms with van der Waals surface area (Å²) >= 11 is 0. The SMILES string of the molecule is COc1cc(C(C)OC(C)c2ccc(O)c(OC)c2)ccc1O. The van der Waals surface area contributed by atoms with Crippen LogP contribution in [0.25, 0.3) is 0 Å². The van der Waals surface area contributed by atoms with Gasteiger partial charge in [0, 0.05) is 0 Å². The molecule has 0 aliphatic rings. The van der Waals surface area contributed by atoms with Crippen molar-refractivity contribution in [2.45, 2.75) is 26.1 Å². The van der Waals surface area contributed by atoms with Gasteiger partial charge in [0.1, 0.15) is 0 Å². The van der Waals surface area contributed by atoms with Gasteiger partial charge < -0.3 is 24.4 Å². The molecule has 0 aliphatic heterocycles. The molecule has 0 saturated carbocycles. The summed E-state index contributed by atoms with van der Waals surface area (Å²) in [6.45, 7) is 3.86. The van der Waals surface area contributed by atoms with E-state index in [1.54, 1.807) is 36.4 Å². The summed E-state index contributed by atoms with van der Waals surface area (Å²) in [4.78, 5) is 0. The molecule has 5 heteroatoms. The number of hydrogen-bond acceptors (Lipinski definition) is 5. The molecule has 2 unspecified atom stereocenters. The number of rotatable bonds is 6. The topological polar surface area (TPSA) is 68.2 Å². The molecular weight excluding hydrogens is 296 g/mol. The number of methoxy groups -OCH3 is 2. The Morgan fingerprint density at radius 2 is 1.13 bits per heavy atom. The van der Waals surface area contributed by atoms with Gasteiger partial charge in [0.2, 0.25) is 0 Å². The fourth-order valence-electron chi connectivity index (χ4n) is 2.36. The lowest BCUT2D eigenvalue weighted by molar-refractivity contribution is 0.00563. The van der Waals surface area contributed by atoms with E-state index in [0.717, 1.165) is 11.1 Å². The van der Waals surface area contributed by atoms with Crippen molar-refractivity contribution in [2.75, 3.05) is 14.2 Å². The Bertz CT molecular complexity index is 611. The number of benzene rings is 2. The number of hydrogen-bond donors (Lipinski definition) is 2. The van der Waals surface area contributed by atoms with E-state index in [0.29, 0.717) is 11.5 Å². The first-order chi connectivity index (χ1) is 11.0. The van der Waals surface area contributed by atoms with Crippen LogP contribution >= 0.6 is 0 Å². The minimum Gasteiger partial charge on any atom is -0.504 e. The molecule has 0 heterocycles. The first-order valence-electron chi connectivity index (χ1n) is 7.35. The predicted molar refractivity (Wildman–Crippen MR) is 87.2 cm³/mol. The number of ether oxygens (including phenoxy) is 3. The normalized spacial score (nSPS) is 13.4. The summed E-state index contributed by atoms with van der Waals surface area (Å²) in [6, 6.07) is 10.3. The van der Waals surface area contributed by atoms with Gasteiger partial charge >= 0.3 is 0 Å². The van der Waals surface area contributed by atoms with Crippen LogP contribution in [0.15, 0.2) is 36.4 Å². The minimum absolute atomic E-state index is 0.0970.